The fourth-order valence-corrected chi connectivity index (χ4v) is 9.92. The molecule has 5 heteroatoms. The second-order valence-electron chi connectivity index (χ2n) is 16.8. The number of para-hydroxylation sites is 3. The van der Waals surface area contributed by atoms with Gasteiger partial charge in [-0.2, -0.15) is 9.97 Å². The summed E-state index contributed by atoms with van der Waals surface area (Å²) in [5.74, 6) is 1.75. The molecular weight excluding hydrogens is 803 g/mol. The second-order valence-corrected chi connectivity index (χ2v) is 16.8. The van der Waals surface area contributed by atoms with Gasteiger partial charge in [0.15, 0.2) is 11.6 Å². The standard InChI is InChI=1S/C61H39N5/c1-4-17-40(18-5-1)42-31-34-45(35-32-42)59-62-60(47-36-33-41-19-10-11-24-46(41)39-47)64-61(63-59)66-55-30-15-13-26-51(55)53-38-37-52-50-25-12-14-29-54(50)65(57(52)58(53)66)56-48(43-20-6-2-7-21-43)27-16-28-49(56)44-22-8-3-9-23-44/h1-39H. The number of fused-ring (bicyclic) bond motifs is 8. The zero-order valence-corrected chi connectivity index (χ0v) is 35.8. The van der Waals surface area contributed by atoms with E-state index in [2.05, 4.69) is 240 Å². The van der Waals surface area contributed by atoms with Crippen molar-refractivity contribution >= 4 is 54.4 Å². The van der Waals surface area contributed by atoms with Gasteiger partial charge in [-0.3, -0.25) is 4.57 Å². The molecule has 5 nitrogen and oxygen atoms in total. The fraction of sp³-hybridized carbons (Fsp3) is 0. The van der Waals surface area contributed by atoms with E-state index in [1.807, 2.05) is 6.07 Å². The van der Waals surface area contributed by atoms with Crippen LogP contribution in [0.4, 0.5) is 0 Å². The van der Waals surface area contributed by atoms with Crippen LogP contribution in [0, 0.1) is 0 Å². The summed E-state index contributed by atoms with van der Waals surface area (Å²) in [5, 5.41) is 6.83. The Morgan fingerprint density at radius 1 is 0.273 bits per heavy atom. The molecule has 13 aromatic rings. The molecule has 0 aliphatic carbocycles. The van der Waals surface area contributed by atoms with E-state index in [0.29, 0.717) is 17.6 Å². The number of hydrogen-bond acceptors (Lipinski definition) is 3. The summed E-state index contributed by atoms with van der Waals surface area (Å²) >= 11 is 0. The van der Waals surface area contributed by atoms with Crippen LogP contribution < -0.4 is 0 Å². The van der Waals surface area contributed by atoms with E-state index in [9.17, 15) is 0 Å². The lowest BCUT2D eigenvalue weighted by atomic mass is 9.95. The smallest absolute Gasteiger partial charge is 0.238 e. The Balaban J connectivity index is 1.16. The molecule has 308 valence electrons. The van der Waals surface area contributed by atoms with Gasteiger partial charge in [0.25, 0.3) is 0 Å². The Morgan fingerprint density at radius 3 is 1.35 bits per heavy atom. The highest BCUT2D eigenvalue weighted by Crippen LogP contribution is 2.45. The van der Waals surface area contributed by atoms with Crippen molar-refractivity contribution in [2.75, 3.05) is 0 Å². The quantitative estimate of drug-likeness (QED) is 0.161. The molecule has 0 aliphatic heterocycles. The molecule has 0 N–H and O–H groups in total. The molecule has 0 fully saturated rings. The van der Waals surface area contributed by atoms with Gasteiger partial charge in [-0.05, 0) is 51.2 Å². The number of aromatic nitrogens is 5. The molecular formula is C61H39N5. The van der Waals surface area contributed by atoms with Crippen LogP contribution in [-0.4, -0.2) is 24.1 Å². The van der Waals surface area contributed by atoms with Crippen LogP contribution in [0.1, 0.15) is 0 Å². The van der Waals surface area contributed by atoms with Crippen molar-refractivity contribution < 1.29 is 0 Å². The maximum Gasteiger partial charge on any atom is 0.238 e. The van der Waals surface area contributed by atoms with Crippen molar-refractivity contribution in [3.63, 3.8) is 0 Å². The van der Waals surface area contributed by atoms with E-state index >= 15 is 0 Å². The van der Waals surface area contributed by atoms with Gasteiger partial charge in [0.1, 0.15) is 0 Å². The molecule has 0 saturated carbocycles. The summed E-state index contributed by atoms with van der Waals surface area (Å²) in [5.41, 5.74) is 14.0. The van der Waals surface area contributed by atoms with E-state index in [0.717, 1.165) is 99.2 Å². The predicted molar refractivity (Wildman–Crippen MR) is 273 cm³/mol. The largest absolute Gasteiger partial charge is 0.306 e. The van der Waals surface area contributed by atoms with Crippen molar-refractivity contribution in [3.8, 4) is 67.8 Å². The first-order valence-electron chi connectivity index (χ1n) is 22.4. The van der Waals surface area contributed by atoms with E-state index in [1.165, 1.54) is 5.39 Å². The van der Waals surface area contributed by atoms with Crippen molar-refractivity contribution in [1.29, 1.82) is 0 Å². The summed E-state index contributed by atoms with van der Waals surface area (Å²) in [4.78, 5) is 16.2. The predicted octanol–water partition coefficient (Wildman–Crippen LogP) is 15.6. The fourth-order valence-electron chi connectivity index (χ4n) is 9.92. The Hall–Kier alpha value is -8.93. The minimum absolute atomic E-state index is 0.547. The second kappa shape index (κ2) is 15.4. The normalized spacial score (nSPS) is 11.6. The minimum atomic E-state index is 0.547. The lowest BCUT2D eigenvalue weighted by Gasteiger charge is -2.20. The molecule has 0 radical (unpaired) electrons. The topological polar surface area (TPSA) is 48.5 Å². The van der Waals surface area contributed by atoms with Crippen LogP contribution in [0.15, 0.2) is 237 Å². The third-order valence-corrected chi connectivity index (χ3v) is 13.0. The Labute approximate surface area is 381 Å². The average Bonchev–Trinajstić information content (AvgIpc) is 3.92. The number of benzene rings is 10. The van der Waals surface area contributed by atoms with Crippen LogP contribution in [0.5, 0.6) is 0 Å². The van der Waals surface area contributed by atoms with Crippen LogP contribution in [0.25, 0.3) is 122 Å². The zero-order valence-electron chi connectivity index (χ0n) is 35.8. The Bertz CT molecular complexity index is 3910. The first kappa shape index (κ1) is 37.6. The summed E-state index contributed by atoms with van der Waals surface area (Å²) in [7, 11) is 0. The molecule has 66 heavy (non-hydrogen) atoms. The van der Waals surface area contributed by atoms with Crippen molar-refractivity contribution in [1.82, 2.24) is 24.1 Å². The van der Waals surface area contributed by atoms with Crippen LogP contribution >= 0.6 is 0 Å². The van der Waals surface area contributed by atoms with Crippen molar-refractivity contribution in [2.45, 2.75) is 0 Å². The maximum absolute atomic E-state index is 5.47. The van der Waals surface area contributed by atoms with E-state index in [1.54, 1.807) is 0 Å². The average molecular weight is 842 g/mol. The highest BCUT2D eigenvalue weighted by Gasteiger charge is 2.26. The molecule has 13 rings (SSSR count). The summed E-state index contributed by atoms with van der Waals surface area (Å²) in [6.45, 7) is 0. The van der Waals surface area contributed by atoms with Crippen LogP contribution in [-0.2, 0) is 0 Å². The van der Waals surface area contributed by atoms with Gasteiger partial charge in [0, 0.05) is 43.8 Å². The molecule has 3 heterocycles. The molecule has 0 bridgehead atoms. The molecule has 0 spiro atoms. The zero-order chi connectivity index (χ0) is 43.6. The van der Waals surface area contributed by atoms with Gasteiger partial charge >= 0.3 is 0 Å². The van der Waals surface area contributed by atoms with Gasteiger partial charge in [-0.1, -0.05) is 218 Å². The van der Waals surface area contributed by atoms with Gasteiger partial charge < -0.3 is 4.57 Å². The molecule has 0 amide bonds. The van der Waals surface area contributed by atoms with Crippen LogP contribution in [0.3, 0.4) is 0 Å². The third-order valence-electron chi connectivity index (χ3n) is 13.0. The molecule has 10 aromatic carbocycles. The highest BCUT2D eigenvalue weighted by atomic mass is 15.2. The minimum Gasteiger partial charge on any atom is -0.306 e. The SMILES string of the molecule is c1ccc(-c2ccc(-c3nc(-c4ccc5ccccc5c4)nc(-n4c5ccccc5c5ccc6c7ccccc7n(-c7c(-c8ccccc8)cccc7-c7ccccc7)c6c54)n3)cc2)cc1. The van der Waals surface area contributed by atoms with E-state index < -0.39 is 0 Å². The van der Waals surface area contributed by atoms with E-state index in [-0.39, 0.29) is 0 Å². The molecule has 0 saturated heterocycles. The van der Waals surface area contributed by atoms with Crippen molar-refractivity contribution in [3.05, 3.63) is 237 Å². The summed E-state index contributed by atoms with van der Waals surface area (Å²) < 4.78 is 4.78. The molecule has 0 unspecified atom stereocenters. The lowest BCUT2D eigenvalue weighted by molar-refractivity contribution is 0.953. The lowest BCUT2D eigenvalue weighted by Crippen LogP contribution is -2.07. The molecule has 0 atom stereocenters. The third kappa shape index (κ3) is 6.13. The summed E-state index contributed by atoms with van der Waals surface area (Å²) in [6, 6.07) is 84.1. The molecule has 0 aliphatic rings. The van der Waals surface area contributed by atoms with Crippen LogP contribution in [0.2, 0.25) is 0 Å². The number of hydrogen-bond donors (Lipinski definition) is 0. The number of rotatable bonds is 7. The van der Waals surface area contributed by atoms with Gasteiger partial charge in [0.05, 0.1) is 27.8 Å². The van der Waals surface area contributed by atoms with Gasteiger partial charge in [-0.15, -0.1) is 0 Å². The first-order valence-corrected chi connectivity index (χ1v) is 22.4. The van der Waals surface area contributed by atoms with Gasteiger partial charge in [-0.25, -0.2) is 4.98 Å². The Morgan fingerprint density at radius 2 is 0.727 bits per heavy atom. The van der Waals surface area contributed by atoms with E-state index in [4.69, 9.17) is 15.0 Å². The van der Waals surface area contributed by atoms with Gasteiger partial charge in [0.2, 0.25) is 5.95 Å². The highest BCUT2D eigenvalue weighted by molar-refractivity contribution is 6.24. The summed E-state index contributed by atoms with van der Waals surface area (Å²) in [6.07, 6.45) is 0. The first-order chi connectivity index (χ1) is 32.7. The Kier molecular flexibility index (Phi) is 8.78. The monoisotopic (exact) mass is 841 g/mol. The number of nitrogens with zero attached hydrogens (tertiary/aromatic N) is 5. The maximum atomic E-state index is 5.47. The molecule has 3 aromatic heterocycles. The van der Waals surface area contributed by atoms with Crippen molar-refractivity contribution in [2.24, 2.45) is 0 Å².